The lowest BCUT2D eigenvalue weighted by atomic mass is 9.95. The van der Waals surface area contributed by atoms with E-state index in [1.807, 2.05) is 0 Å². The van der Waals surface area contributed by atoms with Crippen LogP contribution in [0.3, 0.4) is 0 Å². The Hall–Kier alpha value is -8.08. The summed E-state index contributed by atoms with van der Waals surface area (Å²) in [4.78, 5) is 4.67. The van der Waals surface area contributed by atoms with Gasteiger partial charge in [0.2, 0.25) is 0 Å². The molecule has 0 aliphatic carbocycles. The molecular weight excluding hydrogens is 781 g/mol. The molecule has 2 heterocycles. The average Bonchev–Trinajstić information content (AvgIpc) is 3.83. The highest BCUT2D eigenvalue weighted by Crippen LogP contribution is 2.47. The van der Waals surface area contributed by atoms with Gasteiger partial charge in [-0.1, -0.05) is 91.0 Å². The van der Waals surface area contributed by atoms with Gasteiger partial charge in [0, 0.05) is 61.2 Å². The smallest absolute Gasteiger partial charge is 0.144 e. The van der Waals surface area contributed by atoms with Crippen molar-refractivity contribution in [3.63, 3.8) is 0 Å². The predicted octanol–water partition coefficient (Wildman–Crippen LogP) is 17.6. The number of hydrogen-bond acceptors (Lipinski definition) is 4. The van der Waals surface area contributed by atoms with E-state index in [4.69, 9.17) is 8.83 Å². The summed E-state index contributed by atoms with van der Waals surface area (Å²) in [5.74, 6) is 0. The lowest BCUT2D eigenvalue weighted by Gasteiger charge is -2.26. The van der Waals surface area contributed by atoms with Gasteiger partial charge >= 0.3 is 0 Å². The molecule has 12 aromatic rings. The molecule has 0 bridgehead atoms. The van der Waals surface area contributed by atoms with Crippen LogP contribution in [-0.4, -0.2) is 0 Å². The van der Waals surface area contributed by atoms with Gasteiger partial charge in [0.25, 0.3) is 0 Å². The van der Waals surface area contributed by atoms with Crippen LogP contribution in [0.2, 0.25) is 0 Å². The maximum absolute atomic E-state index is 7.04. The fraction of sp³-hybridized carbons (Fsp3) is 0.0667. The summed E-state index contributed by atoms with van der Waals surface area (Å²) in [5, 5.41) is 8.72. The van der Waals surface area contributed by atoms with E-state index in [0.717, 1.165) is 111 Å². The van der Waals surface area contributed by atoms with Crippen molar-refractivity contribution < 1.29 is 8.83 Å². The fourth-order valence-electron chi connectivity index (χ4n) is 9.99. The molecule has 4 heteroatoms. The third-order valence-electron chi connectivity index (χ3n) is 12.6. The number of rotatable bonds is 7. The standard InChI is InChI=1S/C60H44N2O2/c1-37-24-38(2)27-50(26-37)61(46-16-10-6-11-17-46)48-22-20-42-32-52-53-36-57-59(58(41-14-8-5-9-15-41)60(53)64-55(52)34-44(42)30-48)54-33-43-21-23-49(31-45(43)35-56(54)63-57)62(47-18-12-7-13-19-47)51-28-39(3)25-40(4)29-51/h5-36H,1-4H3. The molecule has 0 saturated carbocycles. The fourth-order valence-corrected chi connectivity index (χ4v) is 9.99. The van der Waals surface area contributed by atoms with Crippen molar-refractivity contribution in [2.45, 2.75) is 27.7 Å². The molecule has 0 radical (unpaired) electrons. The number of nitrogens with zero attached hydrogens (tertiary/aromatic N) is 2. The maximum Gasteiger partial charge on any atom is 0.144 e. The lowest BCUT2D eigenvalue weighted by molar-refractivity contribution is 0.665. The molecule has 0 aliphatic rings. The first-order chi connectivity index (χ1) is 31.3. The Morgan fingerprint density at radius 2 is 0.781 bits per heavy atom. The molecule has 64 heavy (non-hydrogen) atoms. The van der Waals surface area contributed by atoms with Gasteiger partial charge in [-0.15, -0.1) is 0 Å². The summed E-state index contributed by atoms with van der Waals surface area (Å²) in [6, 6.07) is 69.9. The lowest BCUT2D eigenvalue weighted by Crippen LogP contribution is -2.10. The zero-order chi connectivity index (χ0) is 43.1. The topological polar surface area (TPSA) is 32.8 Å². The normalized spacial score (nSPS) is 11.8. The van der Waals surface area contributed by atoms with E-state index in [9.17, 15) is 0 Å². The van der Waals surface area contributed by atoms with Gasteiger partial charge < -0.3 is 18.6 Å². The van der Waals surface area contributed by atoms with Crippen LogP contribution in [0.5, 0.6) is 0 Å². The van der Waals surface area contributed by atoms with Crippen LogP contribution in [0.1, 0.15) is 22.3 Å². The summed E-state index contributed by atoms with van der Waals surface area (Å²) >= 11 is 0. The number of fused-ring (bicyclic) bond motifs is 8. The summed E-state index contributed by atoms with van der Waals surface area (Å²) in [7, 11) is 0. The zero-order valence-electron chi connectivity index (χ0n) is 36.2. The van der Waals surface area contributed by atoms with Crippen molar-refractivity contribution in [1.82, 2.24) is 0 Å². The third kappa shape index (κ3) is 6.37. The molecule has 12 rings (SSSR count). The Morgan fingerprint density at radius 1 is 0.312 bits per heavy atom. The Bertz CT molecular complexity index is 3620. The molecule has 0 saturated heterocycles. The van der Waals surface area contributed by atoms with E-state index in [1.54, 1.807) is 0 Å². The number of aryl methyl sites for hydroxylation is 4. The second-order valence-electron chi connectivity index (χ2n) is 17.4. The zero-order valence-corrected chi connectivity index (χ0v) is 36.2. The third-order valence-corrected chi connectivity index (χ3v) is 12.6. The summed E-state index contributed by atoms with van der Waals surface area (Å²) in [6.45, 7) is 8.64. The summed E-state index contributed by atoms with van der Waals surface area (Å²) in [5.41, 5.74) is 17.1. The molecule has 4 nitrogen and oxygen atoms in total. The van der Waals surface area contributed by atoms with Crippen LogP contribution in [0.15, 0.2) is 203 Å². The summed E-state index contributed by atoms with van der Waals surface area (Å²) in [6.07, 6.45) is 0. The molecule has 0 atom stereocenters. The van der Waals surface area contributed by atoms with Gasteiger partial charge in [-0.25, -0.2) is 0 Å². The van der Waals surface area contributed by atoms with Crippen molar-refractivity contribution in [3.8, 4) is 11.1 Å². The van der Waals surface area contributed by atoms with Gasteiger partial charge in [0.05, 0.1) is 0 Å². The molecule has 0 fully saturated rings. The molecule has 0 unspecified atom stereocenters. The van der Waals surface area contributed by atoms with E-state index in [0.29, 0.717) is 0 Å². The van der Waals surface area contributed by atoms with Crippen molar-refractivity contribution in [2.75, 3.05) is 9.80 Å². The van der Waals surface area contributed by atoms with Gasteiger partial charge in [-0.2, -0.15) is 0 Å². The largest absolute Gasteiger partial charge is 0.456 e. The van der Waals surface area contributed by atoms with Crippen LogP contribution in [-0.2, 0) is 0 Å². The highest BCUT2D eigenvalue weighted by Gasteiger charge is 2.23. The van der Waals surface area contributed by atoms with Gasteiger partial charge in [-0.05, 0) is 180 Å². The van der Waals surface area contributed by atoms with Crippen LogP contribution in [0, 0.1) is 27.7 Å². The van der Waals surface area contributed by atoms with Crippen LogP contribution < -0.4 is 9.80 Å². The van der Waals surface area contributed by atoms with Crippen LogP contribution in [0.4, 0.5) is 34.1 Å². The van der Waals surface area contributed by atoms with Crippen molar-refractivity contribution in [2.24, 2.45) is 0 Å². The molecule has 0 spiro atoms. The molecule has 306 valence electrons. The van der Waals surface area contributed by atoms with Gasteiger partial charge in [0.15, 0.2) is 0 Å². The van der Waals surface area contributed by atoms with E-state index < -0.39 is 0 Å². The second-order valence-corrected chi connectivity index (χ2v) is 17.4. The number of anilines is 6. The minimum Gasteiger partial charge on any atom is -0.456 e. The van der Waals surface area contributed by atoms with Crippen LogP contribution in [0.25, 0.3) is 76.5 Å². The SMILES string of the molecule is Cc1cc(C)cc(N(c2ccccc2)c2ccc3cc4c(cc3c2)oc2c(-c3ccccc3)c3c(cc24)oc2cc4cc(N(c5ccccc5)c5cc(C)cc(C)c5)ccc4cc23)c1. The Labute approximate surface area is 371 Å². The number of furan rings is 2. The first kappa shape index (κ1) is 37.7. The molecule has 0 amide bonds. The van der Waals surface area contributed by atoms with Crippen molar-refractivity contribution in [1.29, 1.82) is 0 Å². The molecule has 10 aromatic carbocycles. The van der Waals surface area contributed by atoms with Crippen molar-refractivity contribution in [3.05, 3.63) is 216 Å². The molecule has 0 N–H and O–H groups in total. The minimum atomic E-state index is 0.836. The van der Waals surface area contributed by atoms with E-state index in [1.165, 1.54) is 22.3 Å². The first-order valence-electron chi connectivity index (χ1n) is 22.0. The van der Waals surface area contributed by atoms with E-state index in [-0.39, 0.29) is 0 Å². The minimum absolute atomic E-state index is 0.836. The first-order valence-corrected chi connectivity index (χ1v) is 22.0. The van der Waals surface area contributed by atoms with E-state index in [2.05, 4.69) is 232 Å². The van der Waals surface area contributed by atoms with Gasteiger partial charge in [-0.3, -0.25) is 0 Å². The highest BCUT2D eigenvalue weighted by molar-refractivity contribution is 6.25. The van der Waals surface area contributed by atoms with Gasteiger partial charge in [0.1, 0.15) is 22.3 Å². The highest BCUT2D eigenvalue weighted by atomic mass is 16.3. The average molecular weight is 825 g/mol. The van der Waals surface area contributed by atoms with Crippen molar-refractivity contribution >= 4 is 99.5 Å². The Kier molecular flexibility index (Phi) is 8.70. The predicted molar refractivity (Wildman–Crippen MR) is 270 cm³/mol. The summed E-state index contributed by atoms with van der Waals surface area (Å²) < 4.78 is 14.0. The van der Waals surface area contributed by atoms with E-state index >= 15 is 0 Å². The van der Waals surface area contributed by atoms with Crippen LogP contribution >= 0.6 is 0 Å². The number of hydrogen-bond donors (Lipinski definition) is 0. The number of para-hydroxylation sites is 2. The maximum atomic E-state index is 7.04. The monoisotopic (exact) mass is 824 g/mol. The molecule has 0 aliphatic heterocycles. The number of benzene rings is 10. The molecular formula is C60H44N2O2. The second kappa shape index (κ2) is 14.8. The Morgan fingerprint density at radius 3 is 1.30 bits per heavy atom. The quantitative estimate of drug-likeness (QED) is 0.160. The molecule has 2 aromatic heterocycles. The Balaban J connectivity index is 1.03.